The maximum Gasteiger partial charge on any atom is 0.118 e. The number of terminal acetylenes is 1. The number of rotatable bonds is 8. The van der Waals surface area contributed by atoms with Gasteiger partial charge in [0.05, 0.1) is 12.5 Å². The lowest BCUT2D eigenvalue weighted by Gasteiger charge is -2.24. The van der Waals surface area contributed by atoms with Crippen molar-refractivity contribution in [1.82, 2.24) is 0 Å². The van der Waals surface area contributed by atoms with E-state index in [1.165, 1.54) is 20.9 Å². The molecule has 0 heterocycles. The molecule has 0 aromatic heterocycles. The minimum atomic E-state index is -0.261. The summed E-state index contributed by atoms with van der Waals surface area (Å²) in [6.07, 6.45) is 8.94. The van der Waals surface area contributed by atoms with Crippen LogP contribution in [0, 0.1) is 12.3 Å². The summed E-state index contributed by atoms with van der Waals surface area (Å²) in [5.74, 6) is 3.87. The summed E-state index contributed by atoms with van der Waals surface area (Å²) in [4.78, 5) is 2.54. The maximum absolute atomic E-state index is 5.91. The van der Waals surface area contributed by atoms with Crippen molar-refractivity contribution in [3.8, 4) is 18.1 Å². The van der Waals surface area contributed by atoms with Gasteiger partial charge in [0, 0.05) is 9.79 Å². The summed E-state index contributed by atoms with van der Waals surface area (Å²) in [7, 11) is 1.68. The lowest BCUT2D eigenvalue weighted by atomic mass is 9.78. The third-order valence-corrected chi connectivity index (χ3v) is 6.06. The van der Waals surface area contributed by atoms with Crippen molar-refractivity contribution >= 4 is 11.8 Å². The topological polar surface area (TPSA) is 9.23 Å². The largest absolute Gasteiger partial charge is 0.497 e. The molecule has 0 amide bonds. The molecule has 0 fully saturated rings. The number of aryl methyl sites for hydroxylation is 1. The van der Waals surface area contributed by atoms with E-state index < -0.39 is 0 Å². The number of hydrogen-bond acceptors (Lipinski definition) is 2. The Labute approximate surface area is 173 Å². The van der Waals surface area contributed by atoms with Crippen molar-refractivity contribution < 1.29 is 4.74 Å². The van der Waals surface area contributed by atoms with Gasteiger partial charge < -0.3 is 4.74 Å². The SMILES string of the molecule is C#CC(C)(CCCc1cccc(Sc2ccccc2)c1)c1ccc(OC)cc1. The molecule has 0 aliphatic carbocycles. The molecule has 3 aromatic rings. The molecule has 0 bridgehead atoms. The normalized spacial score (nSPS) is 12.8. The molecule has 0 saturated heterocycles. The molecule has 3 rings (SSSR count). The van der Waals surface area contributed by atoms with Gasteiger partial charge in [-0.25, -0.2) is 0 Å². The molecule has 28 heavy (non-hydrogen) atoms. The molecule has 142 valence electrons. The monoisotopic (exact) mass is 386 g/mol. The molecule has 1 unspecified atom stereocenters. The Bertz CT molecular complexity index is 925. The van der Waals surface area contributed by atoms with Crippen molar-refractivity contribution in [2.75, 3.05) is 7.11 Å². The summed E-state index contributed by atoms with van der Waals surface area (Å²) < 4.78 is 5.25. The van der Waals surface area contributed by atoms with E-state index in [-0.39, 0.29) is 5.41 Å². The van der Waals surface area contributed by atoms with Gasteiger partial charge in [-0.2, -0.15) is 0 Å². The minimum absolute atomic E-state index is 0.261. The Hall–Kier alpha value is -2.63. The molecule has 0 saturated carbocycles. The third kappa shape index (κ3) is 5.21. The highest BCUT2D eigenvalue weighted by atomic mass is 32.2. The van der Waals surface area contributed by atoms with Gasteiger partial charge in [-0.1, -0.05) is 60.1 Å². The molecule has 1 nitrogen and oxygen atoms in total. The highest BCUT2D eigenvalue weighted by Crippen LogP contribution is 2.31. The van der Waals surface area contributed by atoms with Gasteiger partial charge in [0.1, 0.15) is 5.75 Å². The Morgan fingerprint density at radius 3 is 2.32 bits per heavy atom. The van der Waals surface area contributed by atoms with Gasteiger partial charge in [0.2, 0.25) is 0 Å². The molecular weight excluding hydrogens is 360 g/mol. The maximum atomic E-state index is 5.91. The van der Waals surface area contributed by atoms with Crippen LogP contribution < -0.4 is 4.74 Å². The van der Waals surface area contributed by atoms with E-state index in [9.17, 15) is 0 Å². The van der Waals surface area contributed by atoms with Crippen LogP contribution in [-0.2, 0) is 11.8 Å². The fourth-order valence-electron chi connectivity index (χ4n) is 3.29. The van der Waals surface area contributed by atoms with Crippen molar-refractivity contribution in [3.63, 3.8) is 0 Å². The van der Waals surface area contributed by atoms with E-state index in [4.69, 9.17) is 11.2 Å². The average Bonchev–Trinajstić information content (AvgIpc) is 2.75. The van der Waals surface area contributed by atoms with Crippen LogP contribution in [0.15, 0.2) is 88.7 Å². The van der Waals surface area contributed by atoms with Crippen LogP contribution in [0.2, 0.25) is 0 Å². The van der Waals surface area contributed by atoms with Crippen molar-refractivity contribution in [2.24, 2.45) is 0 Å². The van der Waals surface area contributed by atoms with E-state index >= 15 is 0 Å². The second-order valence-corrected chi connectivity index (χ2v) is 8.27. The second-order valence-electron chi connectivity index (χ2n) is 7.12. The predicted octanol–water partition coefficient (Wildman–Crippen LogP) is 6.76. The summed E-state index contributed by atoms with van der Waals surface area (Å²) in [6, 6.07) is 27.4. The molecule has 2 heteroatoms. The Balaban J connectivity index is 1.61. The van der Waals surface area contributed by atoms with Crippen LogP contribution in [0.4, 0.5) is 0 Å². The van der Waals surface area contributed by atoms with Crippen molar-refractivity contribution in [2.45, 2.75) is 41.4 Å². The number of methoxy groups -OCH3 is 1. The zero-order chi connectivity index (χ0) is 19.8. The van der Waals surface area contributed by atoms with E-state index in [1.54, 1.807) is 18.9 Å². The Morgan fingerprint density at radius 2 is 1.64 bits per heavy atom. The summed E-state index contributed by atoms with van der Waals surface area (Å²) in [5, 5.41) is 0. The van der Waals surface area contributed by atoms with Crippen LogP contribution in [0.3, 0.4) is 0 Å². The number of ether oxygens (including phenoxy) is 1. The predicted molar refractivity (Wildman–Crippen MR) is 119 cm³/mol. The molecule has 0 aliphatic heterocycles. The van der Waals surface area contributed by atoms with Crippen LogP contribution >= 0.6 is 11.8 Å². The molecule has 0 N–H and O–H groups in total. The zero-order valence-electron chi connectivity index (χ0n) is 16.5. The molecule has 0 aliphatic rings. The second kappa shape index (κ2) is 9.53. The fraction of sp³-hybridized carbons (Fsp3) is 0.231. The van der Waals surface area contributed by atoms with Crippen LogP contribution in [0.1, 0.15) is 30.9 Å². The molecular formula is C26H26OS. The summed E-state index contributed by atoms with van der Waals surface area (Å²) in [6.45, 7) is 2.15. The fourth-order valence-corrected chi connectivity index (χ4v) is 4.22. The first-order chi connectivity index (χ1) is 13.6. The number of benzene rings is 3. The Morgan fingerprint density at radius 1 is 0.929 bits per heavy atom. The smallest absolute Gasteiger partial charge is 0.118 e. The van der Waals surface area contributed by atoms with Gasteiger partial charge in [0.15, 0.2) is 0 Å². The van der Waals surface area contributed by atoms with Crippen LogP contribution in [0.25, 0.3) is 0 Å². The highest BCUT2D eigenvalue weighted by molar-refractivity contribution is 7.99. The molecule has 0 radical (unpaired) electrons. The van der Waals surface area contributed by atoms with E-state index in [0.717, 1.165) is 25.0 Å². The third-order valence-electron chi connectivity index (χ3n) is 5.07. The first-order valence-corrected chi connectivity index (χ1v) is 10.4. The van der Waals surface area contributed by atoms with Gasteiger partial charge in [-0.05, 0) is 73.7 Å². The van der Waals surface area contributed by atoms with Crippen LogP contribution in [-0.4, -0.2) is 7.11 Å². The quantitative estimate of drug-likeness (QED) is 0.396. The molecule has 3 aromatic carbocycles. The summed E-state index contributed by atoms with van der Waals surface area (Å²) >= 11 is 1.80. The zero-order valence-corrected chi connectivity index (χ0v) is 17.3. The minimum Gasteiger partial charge on any atom is -0.497 e. The van der Waals surface area contributed by atoms with E-state index in [0.29, 0.717) is 0 Å². The van der Waals surface area contributed by atoms with Crippen molar-refractivity contribution in [3.05, 3.63) is 90.0 Å². The van der Waals surface area contributed by atoms with Crippen molar-refractivity contribution in [1.29, 1.82) is 0 Å². The van der Waals surface area contributed by atoms with Gasteiger partial charge >= 0.3 is 0 Å². The lowest BCUT2D eigenvalue weighted by Crippen LogP contribution is -2.19. The van der Waals surface area contributed by atoms with E-state index in [2.05, 4.69) is 73.5 Å². The summed E-state index contributed by atoms with van der Waals surface area (Å²) in [5.41, 5.74) is 2.27. The van der Waals surface area contributed by atoms with E-state index in [1.807, 2.05) is 18.2 Å². The lowest BCUT2D eigenvalue weighted by molar-refractivity contribution is 0.414. The number of hydrogen-bond donors (Lipinski definition) is 0. The first-order valence-electron chi connectivity index (χ1n) is 9.57. The molecule has 1 atom stereocenters. The van der Waals surface area contributed by atoms with Crippen LogP contribution in [0.5, 0.6) is 5.75 Å². The van der Waals surface area contributed by atoms with Gasteiger partial charge in [0.25, 0.3) is 0 Å². The standard InChI is InChI=1S/C26H26OS/c1-4-26(2,22-15-17-23(27-3)18-16-22)19-9-11-21-10-8-14-25(20-21)28-24-12-6-5-7-13-24/h1,5-8,10,12-18,20H,9,11,19H2,2-3H3. The molecule has 0 spiro atoms. The first kappa shape index (κ1) is 20.1. The van der Waals surface area contributed by atoms with Gasteiger partial charge in [-0.15, -0.1) is 6.42 Å². The highest BCUT2D eigenvalue weighted by Gasteiger charge is 2.23. The van der Waals surface area contributed by atoms with Gasteiger partial charge in [-0.3, -0.25) is 0 Å². The Kier molecular flexibility index (Phi) is 6.85. The average molecular weight is 387 g/mol.